The highest BCUT2D eigenvalue weighted by atomic mass is 16.2. The van der Waals surface area contributed by atoms with Crippen molar-refractivity contribution in [3.05, 3.63) is 83.4 Å². The van der Waals surface area contributed by atoms with E-state index >= 15 is 0 Å². The van der Waals surface area contributed by atoms with Crippen LogP contribution in [0.1, 0.15) is 36.3 Å². The van der Waals surface area contributed by atoms with Crippen molar-refractivity contribution in [2.45, 2.75) is 25.2 Å². The van der Waals surface area contributed by atoms with Crippen molar-refractivity contribution in [3.8, 4) is 6.07 Å². The summed E-state index contributed by atoms with van der Waals surface area (Å²) in [6, 6.07) is 22.3. The number of nitriles is 1. The third-order valence-electron chi connectivity index (χ3n) is 4.84. The molecule has 0 spiro atoms. The van der Waals surface area contributed by atoms with Crippen molar-refractivity contribution in [1.29, 1.82) is 5.26 Å². The molecule has 126 valence electrons. The number of allylic oxidation sites excluding steroid dienone is 1. The Labute approximate surface area is 149 Å². The summed E-state index contributed by atoms with van der Waals surface area (Å²) in [7, 11) is 0. The zero-order valence-electron chi connectivity index (χ0n) is 14.4. The predicted molar refractivity (Wildman–Crippen MR) is 98.9 cm³/mol. The standard InChI is InChI=1S/C22H22N2O/c1-17(18-8-4-2-5-9-18)14-21(15-23)22(25)24-13-12-20(16-24)19-10-6-3-7-11-19/h2-11,14,17,20H,12-13,16H2,1H3/b21-14+/t17-,20-/m0/s1. The van der Waals surface area contributed by atoms with Gasteiger partial charge >= 0.3 is 0 Å². The quantitative estimate of drug-likeness (QED) is 0.621. The molecule has 1 aliphatic heterocycles. The number of carbonyl (C=O) groups is 1. The molecule has 1 heterocycles. The van der Waals surface area contributed by atoms with Crippen LogP contribution in [-0.2, 0) is 4.79 Å². The molecule has 2 atom stereocenters. The molecule has 0 unspecified atom stereocenters. The molecule has 3 nitrogen and oxygen atoms in total. The van der Waals surface area contributed by atoms with Gasteiger partial charge in [0.1, 0.15) is 11.6 Å². The van der Waals surface area contributed by atoms with E-state index in [9.17, 15) is 10.1 Å². The van der Waals surface area contributed by atoms with Gasteiger partial charge in [-0.05, 0) is 17.5 Å². The highest BCUT2D eigenvalue weighted by Crippen LogP contribution is 2.28. The minimum absolute atomic E-state index is 0.0346. The van der Waals surface area contributed by atoms with Gasteiger partial charge in [-0.15, -0.1) is 0 Å². The second-order valence-electron chi connectivity index (χ2n) is 6.54. The van der Waals surface area contributed by atoms with E-state index in [0.29, 0.717) is 19.0 Å². The van der Waals surface area contributed by atoms with Gasteiger partial charge in [-0.1, -0.05) is 73.7 Å². The molecule has 1 amide bonds. The zero-order chi connectivity index (χ0) is 17.6. The van der Waals surface area contributed by atoms with Gasteiger partial charge in [-0.3, -0.25) is 4.79 Å². The Kier molecular flexibility index (Phi) is 5.30. The van der Waals surface area contributed by atoms with E-state index in [4.69, 9.17) is 0 Å². The van der Waals surface area contributed by atoms with Gasteiger partial charge in [0, 0.05) is 24.9 Å². The van der Waals surface area contributed by atoms with Gasteiger partial charge in [-0.2, -0.15) is 5.26 Å². The Hall–Kier alpha value is -2.86. The van der Waals surface area contributed by atoms with E-state index < -0.39 is 0 Å². The Morgan fingerprint density at radius 2 is 1.80 bits per heavy atom. The lowest BCUT2D eigenvalue weighted by Crippen LogP contribution is -2.29. The predicted octanol–water partition coefficient (Wildman–Crippen LogP) is 4.26. The van der Waals surface area contributed by atoms with Gasteiger partial charge in [0.2, 0.25) is 0 Å². The molecule has 0 aliphatic carbocycles. The number of nitrogens with zero attached hydrogens (tertiary/aromatic N) is 2. The number of hydrogen-bond donors (Lipinski definition) is 0. The summed E-state index contributed by atoms with van der Waals surface area (Å²) in [6.07, 6.45) is 2.73. The topological polar surface area (TPSA) is 44.1 Å². The minimum Gasteiger partial charge on any atom is -0.337 e. The molecule has 0 aromatic heterocycles. The third kappa shape index (κ3) is 3.97. The van der Waals surface area contributed by atoms with Gasteiger partial charge in [0.25, 0.3) is 5.91 Å². The fourth-order valence-corrected chi connectivity index (χ4v) is 3.37. The molecule has 3 rings (SSSR count). The van der Waals surface area contributed by atoms with Crippen molar-refractivity contribution in [2.24, 2.45) is 0 Å². The first-order chi connectivity index (χ1) is 12.2. The number of carbonyl (C=O) groups excluding carboxylic acids is 1. The normalized spacial score (nSPS) is 18.6. The van der Waals surface area contributed by atoms with E-state index in [-0.39, 0.29) is 17.4 Å². The maximum Gasteiger partial charge on any atom is 0.264 e. The zero-order valence-corrected chi connectivity index (χ0v) is 14.4. The van der Waals surface area contributed by atoms with Crippen LogP contribution in [-0.4, -0.2) is 23.9 Å². The fraction of sp³-hybridized carbons (Fsp3) is 0.273. The first-order valence-electron chi connectivity index (χ1n) is 8.70. The molecule has 2 aromatic carbocycles. The van der Waals surface area contributed by atoms with E-state index in [1.807, 2.05) is 60.4 Å². The fourth-order valence-electron chi connectivity index (χ4n) is 3.37. The number of amides is 1. The first kappa shape index (κ1) is 17.0. The Morgan fingerprint density at radius 1 is 1.16 bits per heavy atom. The smallest absolute Gasteiger partial charge is 0.264 e. The number of likely N-dealkylation sites (tertiary alicyclic amines) is 1. The van der Waals surface area contributed by atoms with Crippen molar-refractivity contribution in [3.63, 3.8) is 0 Å². The molecular formula is C22H22N2O. The average Bonchev–Trinajstić information content (AvgIpc) is 3.17. The third-order valence-corrected chi connectivity index (χ3v) is 4.84. The van der Waals surface area contributed by atoms with Crippen molar-refractivity contribution in [1.82, 2.24) is 4.90 Å². The largest absolute Gasteiger partial charge is 0.337 e. The van der Waals surface area contributed by atoms with Crippen LogP contribution in [0.3, 0.4) is 0 Å². The molecule has 1 saturated heterocycles. The molecule has 0 N–H and O–H groups in total. The number of benzene rings is 2. The monoisotopic (exact) mass is 330 g/mol. The van der Waals surface area contributed by atoms with Crippen LogP contribution in [0.4, 0.5) is 0 Å². The van der Waals surface area contributed by atoms with E-state index in [2.05, 4.69) is 18.2 Å². The van der Waals surface area contributed by atoms with Crippen LogP contribution >= 0.6 is 0 Å². The molecule has 0 bridgehead atoms. The molecule has 3 heteroatoms. The average molecular weight is 330 g/mol. The maximum atomic E-state index is 12.8. The van der Waals surface area contributed by atoms with Crippen molar-refractivity contribution < 1.29 is 4.79 Å². The van der Waals surface area contributed by atoms with Crippen LogP contribution in [0.25, 0.3) is 0 Å². The first-order valence-corrected chi connectivity index (χ1v) is 8.70. The molecule has 1 fully saturated rings. The summed E-state index contributed by atoms with van der Waals surface area (Å²) in [4.78, 5) is 14.6. The van der Waals surface area contributed by atoms with Crippen molar-refractivity contribution in [2.75, 3.05) is 13.1 Å². The number of rotatable bonds is 4. The molecule has 1 aliphatic rings. The van der Waals surface area contributed by atoms with Crippen LogP contribution < -0.4 is 0 Å². The second kappa shape index (κ2) is 7.81. The van der Waals surface area contributed by atoms with Gasteiger partial charge < -0.3 is 4.90 Å². The van der Waals surface area contributed by atoms with E-state index in [1.165, 1.54) is 5.56 Å². The summed E-state index contributed by atoms with van der Waals surface area (Å²) in [5.41, 5.74) is 2.61. The van der Waals surface area contributed by atoms with E-state index in [0.717, 1.165) is 12.0 Å². The Bertz CT molecular complexity index is 790. The molecular weight excluding hydrogens is 308 g/mol. The highest BCUT2D eigenvalue weighted by Gasteiger charge is 2.29. The molecule has 0 saturated carbocycles. The lowest BCUT2D eigenvalue weighted by atomic mass is 9.98. The summed E-state index contributed by atoms with van der Waals surface area (Å²) >= 11 is 0. The van der Waals surface area contributed by atoms with Gasteiger partial charge in [0.15, 0.2) is 0 Å². The molecule has 2 aromatic rings. The van der Waals surface area contributed by atoms with Gasteiger partial charge in [-0.25, -0.2) is 0 Å². The minimum atomic E-state index is -0.149. The summed E-state index contributed by atoms with van der Waals surface area (Å²) in [5.74, 6) is 0.243. The van der Waals surface area contributed by atoms with Gasteiger partial charge in [0.05, 0.1) is 0 Å². The molecule has 0 radical (unpaired) electrons. The van der Waals surface area contributed by atoms with E-state index in [1.54, 1.807) is 6.08 Å². The lowest BCUT2D eigenvalue weighted by molar-refractivity contribution is -0.125. The highest BCUT2D eigenvalue weighted by molar-refractivity contribution is 5.97. The summed E-state index contributed by atoms with van der Waals surface area (Å²) < 4.78 is 0. The van der Waals surface area contributed by atoms with Crippen LogP contribution in [0.15, 0.2) is 72.3 Å². The maximum absolute atomic E-state index is 12.8. The SMILES string of the molecule is C[C@@H](/C=C(\C#N)C(=O)N1CC[C@H](c2ccccc2)C1)c1ccccc1. The Balaban J connectivity index is 1.71. The van der Waals surface area contributed by atoms with Crippen LogP contribution in [0.2, 0.25) is 0 Å². The molecule has 25 heavy (non-hydrogen) atoms. The second-order valence-corrected chi connectivity index (χ2v) is 6.54. The lowest BCUT2D eigenvalue weighted by Gasteiger charge is -2.17. The summed E-state index contributed by atoms with van der Waals surface area (Å²) in [6.45, 7) is 3.40. The van der Waals surface area contributed by atoms with Crippen molar-refractivity contribution >= 4 is 5.91 Å². The number of hydrogen-bond acceptors (Lipinski definition) is 2. The summed E-state index contributed by atoms with van der Waals surface area (Å²) in [5, 5.41) is 9.47. The Morgan fingerprint density at radius 3 is 2.44 bits per heavy atom. The van der Waals surface area contributed by atoms with Crippen LogP contribution in [0.5, 0.6) is 0 Å². The van der Waals surface area contributed by atoms with Crippen LogP contribution in [0, 0.1) is 11.3 Å².